The lowest BCUT2D eigenvalue weighted by Crippen LogP contribution is -2.28. The quantitative estimate of drug-likeness (QED) is 0.784. The van der Waals surface area contributed by atoms with Gasteiger partial charge in [0.2, 0.25) is 0 Å². The van der Waals surface area contributed by atoms with Crippen molar-refractivity contribution in [2.45, 2.75) is 26.4 Å². The Morgan fingerprint density at radius 1 is 1.40 bits per heavy atom. The molecule has 2 rings (SSSR count). The van der Waals surface area contributed by atoms with Crippen molar-refractivity contribution in [2.75, 3.05) is 6.54 Å². The highest BCUT2D eigenvalue weighted by Gasteiger charge is 2.12. The van der Waals surface area contributed by atoms with Gasteiger partial charge in [0, 0.05) is 21.9 Å². The zero-order chi connectivity index (χ0) is 14.7. The van der Waals surface area contributed by atoms with Crippen LogP contribution in [0.3, 0.4) is 0 Å². The number of halogens is 1. The number of benzene rings is 1. The second-order valence-electron chi connectivity index (χ2n) is 5.27. The Morgan fingerprint density at radius 3 is 2.85 bits per heavy atom. The van der Waals surface area contributed by atoms with Gasteiger partial charge in [0.25, 0.3) is 5.91 Å². The normalized spacial score (nSPS) is 12.8. The van der Waals surface area contributed by atoms with E-state index in [9.17, 15) is 9.90 Å². The first-order chi connectivity index (χ1) is 9.47. The lowest BCUT2D eigenvalue weighted by atomic mass is 10.0. The number of aromatic amines is 1. The largest absolute Gasteiger partial charge is 0.393 e. The maximum atomic E-state index is 12.0. The molecule has 0 radical (unpaired) electrons. The molecule has 1 amide bonds. The number of carbonyl (C=O) groups excluding carboxylic acids is 1. The van der Waals surface area contributed by atoms with Gasteiger partial charge in [0.15, 0.2) is 0 Å². The third-order valence-electron chi connectivity index (χ3n) is 3.32. The Morgan fingerprint density at radius 2 is 2.15 bits per heavy atom. The summed E-state index contributed by atoms with van der Waals surface area (Å²) >= 11 is 3.40. The van der Waals surface area contributed by atoms with Crippen LogP contribution in [0.25, 0.3) is 10.9 Å². The Balaban J connectivity index is 1.97. The molecule has 3 N–H and O–H groups in total. The highest BCUT2D eigenvalue weighted by molar-refractivity contribution is 9.10. The molecule has 1 unspecified atom stereocenters. The van der Waals surface area contributed by atoms with Crippen LogP contribution in [0.5, 0.6) is 0 Å². The van der Waals surface area contributed by atoms with Crippen LogP contribution in [0.1, 0.15) is 30.8 Å². The molecule has 1 aromatic heterocycles. The maximum absolute atomic E-state index is 12.0. The SMILES string of the molecule is CC(C)C(O)CCNC(=O)c1cc2ccc(Br)cc2[nH]1. The maximum Gasteiger partial charge on any atom is 0.267 e. The standard InChI is InChI=1S/C15H19BrN2O2/c1-9(2)14(19)5-6-17-15(20)13-7-10-3-4-11(16)8-12(10)18-13/h3-4,7-9,14,18-19H,5-6H2,1-2H3,(H,17,20). The Labute approximate surface area is 126 Å². The van der Waals surface area contributed by atoms with Gasteiger partial charge in [-0.1, -0.05) is 35.8 Å². The van der Waals surface area contributed by atoms with E-state index in [1.807, 2.05) is 38.1 Å². The number of aliphatic hydroxyl groups excluding tert-OH is 1. The molecular weight excluding hydrogens is 320 g/mol. The van der Waals surface area contributed by atoms with E-state index in [-0.39, 0.29) is 17.9 Å². The van der Waals surface area contributed by atoms with Crippen molar-refractivity contribution in [1.82, 2.24) is 10.3 Å². The molecule has 1 heterocycles. The molecule has 0 aliphatic rings. The van der Waals surface area contributed by atoms with E-state index in [1.54, 1.807) is 0 Å². The summed E-state index contributed by atoms with van der Waals surface area (Å²) in [5.74, 6) is 0.0607. The zero-order valence-corrected chi connectivity index (χ0v) is 13.2. The number of aromatic nitrogens is 1. The smallest absolute Gasteiger partial charge is 0.267 e. The van der Waals surface area contributed by atoms with E-state index < -0.39 is 0 Å². The Kier molecular flexibility index (Phi) is 4.83. The van der Waals surface area contributed by atoms with E-state index in [1.165, 1.54) is 0 Å². The lowest BCUT2D eigenvalue weighted by Gasteiger charge is -2.14. The van der Waals surface area contributed by atoms with Crippen LogP contribution in [0.15, 0.2) is 28.7 Å². The molecule has 20 heavy (non-hydrogen) atoms. The number of H-pyrrole nitrogens is 1. The average Bonchev–Trinajstić information content (AvgIpc) is 2.81. The molecule has 108 valence electrons. The summed E-state index contributed by atoms with van der Waals surface area (Å²) in [5.41, 5.74) is 1.46. The summed E-state index contributed by atoms with van der Waals surface area (Å²) in [6.45, 7) is 4.39. The molecule has 2 aromatic rings. The van der Waals surface area contributed by atoms with Crippen LogP contribution in [-0.2, 0) is 0 Å². The Bertz CT molecular complexity index is 607. The monoisotopic (exact) mass is 338 g/mol. The van der Waals surface area contributed by atoms with Gasteiger partial charge in [0.05, 0.1) is 6.10 Å². The number of fused-ring (bicyclic) bond motifs is 1. The van der Waals surface area contributed by atoms with E-state index >= 15 is 0 Å². The van der Waals surface area contributed by atoms with Crippen molar-refractivity contribution in [3.63, 3.8) is 0 Å². The molecule has 4 nitrogen and oxygen atoms in total. The summed E-state index contributed by atoms with van der Waals surface area (Å²) in [6, 6.07) is 7.66. The number of rotatable bonds is 5. The lowest BCUT2D eigenvalue weighted by molar-refractivity contribution is 0.0916. The van der Waals surface area contributed by atoms with Crippen LogP contribution in [0.2, 0.25) is 0 Å². The van der Waals surface area contributed by atoms with Gasteiger partial charge in [-0.15, -0.1) is 0 Å². The van der Waals surface area contributed by atoms with Gasteiger partial charge < -0.3 is 15.4 Å². The molecule has 0 bridgehead atoms. The summed E-state index contributed by atoms with van der Waals surface area (Å²) in [5, 5.41) is 13.5. The van der Waals surface area contributed by atoms with Crippen molar-refractivity contribution < 1.29 is 9.90 Å². The highest BCUT2D eigenvalue weighted by atomic mass is 79.9. The summed E-state index contributed by atoms with van der Waals surface area (Å²) in [6.07, 6.45) is 0.184. The van der Waals surface area contributed by atoms with Crippen molar-refractivity contribution in [1.29, 1.82) is 0 Å². The zero-order valence-electron chi connectivity index (χ0n) is 11.6. The number of hydrogen-bond donors (Lipinski definition) is 3. The fourth-order valence-corrected chi connectivity index (χ4v) is 2.34. The predicted octanol–water partition coefficient (Wildman–Crippen LogP) is 3.07. The number of carbonyl (C=O) groups is 1. The first-order valence-corrected chi connectivity index (χ1v) is 7.51. The number of aliphatic hydroxyl groups is 1. The van der Waals surface area contributed by atoms with Gasteiger partial charge >= 0.3 is 0 Å². The molecule has 0 saturated heterocycles. The van der Waals surface area contributed by atoms with Gasteiger partial charge in [-0.2, -0.15) is 0 Å². The van der Waals surface area contributed by atoms with Crippen molar-refractivity contribution >= 4 is 32.7 Å². The minimum Gasteiger partial charge on any atom is -0.393 e. The van der Waals surface area contributed by atoms with Crippen LogP contribution in [0, 0.1) is 5.92 Å². The minimum absolute atomic E-state index is 0.145. The van der Waals surface area contributed by atoms with Crippen molar-refractivity contribution in [3.8, 4) is 0 Å². The van der Waals surface area contributed by atoms with E-state index in [2.05, 4.69) is 26.2 Å². The van der Waals surface area contributed by atoms with Gasteiger partial charge in [-0.3, -0.25) is 4.79 Å². The fourth-order valence-electron chi connectivity index (χ4n) is 1.98. The molecular formula is C15H19BrN2O2. The van der Waals surface area contributed by atoms with Crippen LogP contribution < -0.4 is 5.32 Å². The molecule has 0 aliphatic heterocycles. The summed E-state index contributed by atoms with van der Waals surface area (Å²) in [7, 11) is 0. The van der Waals surface area contributed by atoms with Gasteiger partial charge in [0.1, 0.15) is 5.69 Å². The first kappa shape index (κ1) is 15.1. The summed E-state index contributed by atoms with van der Waals surface area (Å²) in [4.78, 5) is 15.1. The van der Waals surface area contributed by atoms with Gasteiger partial charge in [-0.25, -0.2) is 0 Å². The molecule has 0 saturated carbocycles. The fraction of sp³-hybridized carbons (Fsp3) is 0.400. The van der Waals surface area contributed by atoms with Crippen molar-refractivity contribution in [3.05, 3.63) is 34.4 Å². The molecule has 0 spiro atoms. The second kappa shape index (κ2) is 6.41. The first-order valence-electron chi connectivity index (χ1n) is 6.72. The van der Waals surface area contributed by atoms with Crippen molar-refractivity contribution in [2.24, 2.45) is 5.92 Å². The van der Waals surface area contributed by atoms with Crippen LogP contribution >= 0.6 is 15.9 Å². The molecule has 0 aliphatic carbocycles. The second-order valence-corrected chi connectivity index (χ2v) is 6.19. The highest BCUT2D eigenvalue weighted by Crippen LogP contribution is 2.20. The Hall–Kier alpha value is -1.33. The topological polar surface area (TPSA) is 65.1 Å². The van der Waals surface area contributed by atoms with E-state index in [4.69, 9.17) is 0 Å². The third kappa shape index (κ3) is 3.61. The average molecular weight is 339 g/mol. The third-order valence-corrected chi connectivity index (χ3v) is 3.82. The number of amides is 1. The molecule has 1 aromatic carbocycles. The molecule has 0 fully saturated rings. The predicted molar refractivity (Wildman–Crippen MR) is 83.8 cm³/mol. The van der Waals surface area contributed by atoms with Gasteiger partial charge in [-0.05, 0) is 30.5 Å². The minimum atomic E-state index is -0.381. The molecule has 1 atom stereocenters. The number of nitrogens with one attached hydrogen (secondary N) is 2. The van der Waals surface area contributed by atoms with E-state index in [0.717, 1.165) is 15.4 Å². The summed E-state index contributed by atoms with van der Waals surface area (Å²) < 4.78 is 0.971. The van der Waals surface area contributed by atoms with Crippen LogP contribution in [0.4, 0.5) is 0 Å². The van der Waals surface area contributed by atoms with E-state index in [0.29, 0.717) is 18.7 Å². The molecule has 5 heteroatoms. The number of hydrogen-bond acceptors (Lipinski definition) is 2. The van der Waals surface area contributed by atoms with Crippen LogP contribution in [-0.4, -0.2) is 28.6 Å².